The smallest absolute Gasteiger partial charge is 0.172 e. The van der Waals surface area contributed by atoms with Gasteiger partial charge in [0.15, 0.2) is 5.78 Å². The molecule has 0 radical (unpaired) electrons. The van der Waals surface area contributed by atoms with Crippen molar-refractivity contribution in [3.8, 4) is 22.6 Å². The fourth-order valence-electron chi connectivity index (χ4n) is 4.97. The van der Waals surface area contributed by atoms with E-state index in [1.54, 1.807) is 36.4 Å². The van der Waals surface area contributed by atoms with Gasteiger partial charge in [0.25, 0.3) is 0 Å². The molecule has 0 heterocycles. The van der Waals surface area contributed by atoms with Crippen molar-refractivity contribution < 1.29 is 20.1 Å². The fraction of sp³-hybridized carbons (Fsp3) is 0.167. The van der Waals surface area contributed by atoms with Crippen LogP contribution in [0.1, 0.15) is 32.6 Å². The Balaban J connectivity index is 1.60. The monoisotopic (exact) mass is 450 g/mol. The van der Waals surface area contributed by atoms with Crippen LogP contribution in [0.4, 0.5) is 0 Å². The van der Waals surface area contributed by atoms with Crippen molar-refractivity contribution >= 4 is 5.78 Å². The highest BCUT2D eigenvalue weighted by Gasteiger charge is 2.46. The van der Waals surface area contributed by atoms with Crippen LogP contribution in [0.5, 0.6) is 11.5 Å². The van der Waals surface area contributed by atoms with Crippen molar-refractivity contribution in [2.75, 3.05) is 6.61 Å². The van der Waals surface area contributed by atoms with Gasteiger partial charge in [0, 0.05) is 5.56 Å². The van der Waals surface area contributed by atoms with Gasteiger partial charge >= 0.3 is 0 Å². The second kappa shape index (κ2) is 8.81. The number of aliphatic hydroxyl groups is 1. The number of benzene rings is 4. The molecule has 0 aromatic heterocycles. The standard InChI is InChI=1S/C30H26O4/c31-19-30(17-21-6-10-25(32)11-7-21)18-28-24(14-20-4-2-1-3-5-20)15-23(16-27(28)29(30)34)22-8-12-26(33)13-9-22/h1-13,15-16,31-33H,14,17-19H2/t30-/m1/s1. The van der Waals surface area contributed by atoms with Gasteiger partial charge in [-0.2, -0.15) is 0 Å². The van der Waals surface area contributed by atoms with Crippen molar-refractivity contribution in [2.45, 2.75) is 19.3 Å². The van der Waals surface area contributed by atoms with Crippen molar-refractivity contribution in [1.82, 2.24) is 0 Å². The van der Waals surface area contributed by atoms with E-state index in [4.69, 9.17) is 0 Å². The molecule has 4 nitrogen and oxygen atoms in total. The molecule has 34 heavy (non-hydrogen) atoms. The first-order valence-corrected chi connectivity index (χ1v) is 11.4. The van der Waals surface area contributed by atoms with E-state index in [-0.39, 0.29) is 23.9 Å². The molecule has 0 spiro atoms. The summed E-state index contributed by atoms with van der Waals surface area (Å²) in [5, 5.41) is 29.8. The largest absolute Gasteiger partial charge is 0.508 e. The Morgan fingerprint density at radius 2 is 1.38 bits per heavy atom. The first-order valence-electron chi connectivity index (χ1n) is 11.4. The normalized spacial score (nSPS) is 17.0. The Hall–Kier alpha value is -3.89. The van der Waals surface area contributed by atoms with Gasteiger partial charge in [-0.25, -0.2) is 0 Å². The maximum absolute atomic E-state index is 13.8. The van der Waals surface area contributed by atoms with Crippen LogP contribution >= 0.6 is 0 Å². The van der Waals surface area contributed by atoms with Gasteiger partial charge in [-0.3, -0.25) is 4.79 Å². The summed E-state index contributed by atoms with van der Waals surface area (Å²) < 4.78 is 0. The number of fused-ring (bicyclic) bond motifs is 1. The predicted molar refractivity (Wildman–Crippen MR) is 132 cm³/mol. The Morgan fingerprint density at radius 3 is 2.03 bits per heavy atom. The van der Waals surface area contributed by atoms with Gasteiger partial charge in [-0.05, 0) is 83.0 Å². The molecular formula is C30H26O4. The minimum absolute atomic E-state index is 0.0481. The third-order valence-corrected chi connectivity index (χ3v) is 6.80. The number of phenols is 2. The lowest BCUT2D eigenvalue weighted by atomic mass is 9.78. The number of carbonyl (C=O) groups excluding carboxylic acids is 1. The van der Waals surface area contributed by atoms with E-state index in [1.165, 1.54) is 0 Å². The highest BCUT2D eigenvalue weighted by Crippen LogP contribution is 2.43. The molecule has 3 N–H and O–H groups in total. The van der Waals surface area contributed by atoms with E-state index in [0.717, 1.165) is 33.4 Å². The number of aromatic hydroxyl groups is 2. The van der Waals surface area contributed by atoms with Crippen molar-refractivity contribution in [2.24, 2.45) is 5.41 Å². The first kappa shape index (κ1) is 21.9. The van der Waals surface area contributed by atoms with Crippen LogP contribution in [0.3, 0.4) is 0 Å². The van der Waals surface area contributed by atoms with Crippen LogP contribution in [-0.2, 0) is 19.3 Å². The highest BCUT2D eigenvalue weighted by molar-refractivity contribution is 6.06. The van der Waals surface area contributed by atoms with Gasteiger partial charge < -0.3 is 15.3 Å². The molecule has 0 fully saturated rings. The minimum Gasteiger partial charge on any atom is -0.508 e. The number of carbonyl (C=O) groups is 1. The maximum atomic E-state index is 13.8. The number of rotatable bonds is 6. The van der Waals surface area contributed by atoms with Crippen LogP contribution in [0.25, 0.3) is 11.1 Å². The molecule has 4 aromatic carbocycles. The second-order valence-corrected chi connectivity index (χ2v) is 9.16. The Kier molecular flexibility index (Phi) is 5.68. The fourth-order valence-corrected chi connectivity index (χ4v) is 4.97. The second-order valence-electron chi connectivity index (χ2n) is 9.16. The molecule has 0 bridgehead atoms. The number of hydrogen-bond acceptors (Lipinski definition) is 4. The van der Waals surface area contributed by atoms with Crippen molar-refractivity contribution in [3.63, 3.8) is 0 Å². The summed E-state index contributed by atoms with van der Waals surface area (Å²) in [5.41, 5.74) is 5.67. The summed E-state index contributed by atoms with van der Waals surface area (Å²) in [4.78, 5) is 13.8. The van der Waals surface area contributed by atoms with Gasteiger partial charge in [0.05, 0.1) is 12.0 Å². The SMILES string of the molecule is O=C1c2cc(-c3ccc(O)cc3)cc(Cc3ccccc3)c2C[C@@]1(CO)Cc1ccc(O)cc1. The Morgan fingerprint density at radius 1 is 0.735 bits per heavy atom. The summed E-state index contributed by atoms with van der Waals surface area (Å²) in [6.07, 6.45) is 1.55. The van der Waals surface area contributed by atoms with Crippen molar-refractivity contribution in [3.05, 3.63) is 119 Å². The van der Waals surface area contributed by atoms with Crippen LogP contribution in [0.2, 0.25) is 0 Å². The minimum atomic E-state index is -0.932. The van der Waals surface area contributed by atoms with Crippen LogP contribution in [0, 0.1) is 5.41 Å². The number of ketones is 1. The zero-order valence-electron chi connectivity index (χ0n) is 18.7. The third-order valence-electron chi connectivity index (χ3n) is 6.80. The van der Waals surface area contributed by atoms with Crippen molar-refractivity contribution in [1.29, 1.82) is 0 Å². The van der Waals surface area contributed by atoms with E-state index in [9.17, 15) is 20.1 Å². The Labute approximate surface area is 198 Å². The summed E-state index contributed by atoms with van der Waals surface area (Å²) in [7, 11) is 0. The molecule has 4 heteroatoms. The third kappa shape index (κ3) is 4.09. The quantitative estimate of drug-likeness (QED) is 0.372. The van der Waals surface area contributed by atoms with E-state index < -0.39 is 5.41 Å². The molecule has 1 aliphatic carbocycles. The number of phenolic OH excluding ortho intramolecular Hbond substituents is 2. The summed E-state index contributed by atoms with van der Waals surface area (Å²) in [6, 6.07) is 28.0. The first-order chi connectivity index (χ1) is 16.5. The maximum Gasteiger partial charge on any atom is 0.172 e. The molecule has 1 atom stereocenters. The lowest BCUT2D eigenvalue weighted by Gasteiger charge is -2.25. The molecule has 170 valence electrons. The number of Topliss-reactive ketones (excluding diaryl/α,β-unsaturated/α-hetero) is 1. The number of aliphatic hydroxyl groups excluding tert-OH is 1. The zero-order chi connectivity index (χ0) is 23.7. The molecule has 5 rings (SSSR count). The summed E-state index contributed by atoms with van der Waals surface area (Å²) >= 11 is 0. The Bertz CT molecular complexity index is 1330. The molecule has 0 saturated carbocycles. The van der Waals surface area contributed by atoms with E-state index in [1.807, 2.05) is 36.4 Å². The molecule has 4 aromatic rings. The van der Waals surface area contributed by atoms with E-state index in [2.05, 4.69) is 18.2 Å². The van der Waals surface area contributed by atoms with E-state index in [0.29, 0.717) is 24.8 Å². The molecule has 1 aliphatic rings. The molecule has 0 aliphatic heterocycles. The average molecular weight is 451 g/mol. The topological polar surface area (TPSA) is 77.8 Å². The van der Waals surface area contributed by atoms with Crippen LogP contribution < -0.4 is 0 Å². The molecular weight excluding hydrogens is 424 g/mol. The molecule has 0 saturated heterocycles. The molecule has 0 unspecified atom stereocenters. The van der Waals surface area contributed by atoms with E-state index >= 15 is 0 Å². The average Bonchev–Trinajstić information content (AvgIpc) is 3.14. The van der Waals surface area contributed by atoms with Gasteiger partial charge in [0.1, 0.15) is 11.5 Å². The lowest BCUT2D eigenvalue weighted by molar-refractivity contribution is 0.0677. The van der Waals surface area contributed by atoms with Crippen LogP contribution in [0.15, 0.2) is 91.0 Å². The molecule has 0 amide bonds. The van der Waals surface area contributed by atoms with Crippen LogP contribution in [-0.4, -0.2) is 27.7 Å². The zero-order valence-corrected chi connectivity index (χ0v) is 18.7. The summed E-state index contributed by atoms with van der Waals surface area (Å²) in [5.74, 6) is 0.318. The summed E-state index contributed by atoms with van der Waals surface area (Å²) in [6.45, 7) is -0.249. The van der Waals surface area contributed by atoms with Gasteiger partial charge in [-0.15, -0.1) is 0 Å². The highest BCUT2D eigenvalue weighted by atomic mass is 16.3. The predicted octanol–water partition coefficient (Wildman–Crippen LogP) is 5.32. The lowest BCUT2D eigenvalue weighted by Crippen LogP contribution is -2.34. The van der Waals surface area contributed by atoms with Gasteiger partial charge in [-0.1, -0.05) is 60.7 Å². The number of hydrogen-bond donors (Lipinski definition) is 3. The van der Waals surface area contributed by atoms with Gasteiger partial charge in [0.2, 0.25) is 0 Å².